The summed E-state index contributed by atoms with van der Waals surface area (Å²) in [5, 5.41) is 6.63. The standard InChI is InChI=1S/C14H17N5/c1-9-6-10(4-5-15-9)18-13-16-7-11-12(19-13)8-17-14(11,2)3/h4-7,17H,8H2,1-3H3,(H,15,16,18,19). The molecule has 1 aliphatic rings. The van der Waals surface area contributed by atoms with Crippen LogP contribution in [0.3, 0.4) is 0 Å². The molecule has 0 amide bonds. The fourth-order valence-corrected chi connectivity index (χ4v) is 2.29. The summed E-state index contributed by atoms with van der Waals surface area (Å²) >= 11 is 0. The van der Waals surface area contributed by atoms with Crippen LogP contribution in [0.25, 0.3) is 0 Å². The highest BCUT2D eigenvalue weighted by Gasteiger charge is 2.30. The molecule has 5 nitrogen and oxygen atoms in total. The van der Waals surface area contributed by atoms with Gasteiger partial charge in [0.1, 0.15) is 0 Å². The predicted molar refractivity (Wildman–Crippen MR) is 74.2 cm³/mol. The van der Waals surface area contributed by atoms with Crippen molar-refractivity contribution in [2.24, 2.45) is 0 Å². The Bertz CT molecular complexity index is 621. The summed E-state index contributed by atoms with van der Waals surface area (Å²) < 4.78 is 0. The first-order valence-corrected chi connectivity index (χ1v) is 6.36. The molecular weight excluding hydrogens is 238 g/mol. The summed E-state index contributed by atoms with van der Waals surface area (Å²) in [7, 11) is 0. The molecule has 2 N–H and O–H groups in total. The molecule has 0 fully saturated rings. The molecule has 0 radical (unpaired) electrons. The van der Waals surface area contributed by atoms with Gasteiger partial charge in [0.25, 0.3) is 0 Å². The molecular formula is C14H17N5. The van der Waals surface area contributed by atoms with Gasteiger partial charge in [0.05, 0.1) is 5.69 Å². The highest BCUT2D eigenvalue weighted by Crippen LogP contribution is 2.29. The highest BCUT2D eigenvalue weighted by atomic mass is 15.1. The van der Waals surface area contributed by atoms with Crippen LogP contribution in [-0.4, -0.2) is 15.0 Å². The number of fused-ring (bicyclic) bond motifs is 1. The molecule has 0 saturated heterocycles. The van der Waals surface area contributed by atoms with E-state index in [-0.39, 0.29) is 5.54 Å². The second-order valence-corrected chi connectivity index (χ2v) is 5.34. The Morgan fingerprint density at radius 3 is 2.95 bits per heavy atom. The molecule has 1 aliphatic heterocycles. The lowest BCUT2D eigenvalue weighted by Crippen LogP contribution is -2.28. The van der Waals surface area contributed by atoms with Gasteiger partial charge in [-0.1, -0.05) is 0 Å². The third kappa shape index (κ3) is 2.29. The normalized spacial score (nSPS) is 16.2. The molecule has 0 spiro atoms. The number of nitrogens with one attached hydrogen (secondary N) is 2. The molecule has 0 atom stereocenters. The average Bonchev–Trinajstić information content (AvgIpc) is 2.65. The van der Waals surface area contributed by atoms with E-state index in [1.807, 2.05) is 25.3 Å². The van der Waals surface area contributed by atoms with E-state index in [1.54, 1.807) is 6.20 Å². The number of aromatic nitrogens is 3. The zero-order valence-corrected chi connectivity index (χ0v) is 11.4. The minimum absolute atomic E-state index is 0.0406. The van der Waals surface area contributed by atoms with Gasteiger partial charge in [0.15, 0.2) is 0 Å². The Morgan fingerprint density at radius 2 is 2.16 bits per heavy atom. The topological polar surface area (TPSA) is 62.7 Å². The van der Waals surface area contributed by atoms with E-state index in [1.165, 1.54) is 5.56 Å². The zero-order valence-electron chi connectivity index (χ0n) is 11.4. The molecule has 19 heavy (non-hydrogen) atoms. The van der Waals surface area contributed by atoms with Crippen molar-refractivity contribution >= 4 is 11.6 Å². The van der Waals surface area contributed by atoms with Crippen LogP contribution in [0.15, 0.2) is 24.5 Å². The molecule has 0 aliphatic carbocycles. The van der Waals surface area contributed by atoms with E-state index in [4.69, 9.17) is 0 Å². The second-order valence-electron chi connectivity index (χ2n) is 5.34. The SMILES string of the molecule is Cc1cc(Nc2ncc3c(n2)CNC3(C)C)ccn1. The largest absolute Gasteiger partial charge is 0.324 e. The van der Waals surface area contributed by atoms with Gasteiger partial charge in [-0.3, -0.25) is 4.98 Å². The predicted octanol–water partition coefficient (Wildman–Crippen LogP) is 2.26. The number of nitrogens with zero attached hydrogens (tertiary/aromatic N) is 3. The Hall–Kier alpha value is -2.01. The summed E-state index contributed by atoms with van der Waals surface area (Å²) in [5.41, 5.74) is 4.12. The number of hydrogen-bond acceptors (Lipinski definition) is 5. The van der Waals surface area contributed by atoms with Gasteiger partial charge in [-0.2, -0.15) is 0 Å². The van der Waals surface area contributed by atoms with Gasteiger partial charge in [0, 0.05) is 41.4 Å². The Balaban J connectivity index is 1.88. The van der Waals surface area contributed by atoms with Crippen molar-refractivity contribution in [2.75, 3.05) is 5.32 Å². The van der Waals surface area contributed by atoms with Crippen LogP contribution in [0.2, 0.25) is 0 Å². The number of rotatable bonds is 2. The minimum atomic E-state index is -0.0406. The maximum absolute atomic E-state index is 4.57. The van der Waals surface area contributed by atoms with Gasteiger partial charge in [-0.25, -0.2) is 9.97 Å². The van der Waals surface area contributed by atoms with Crippen molar-refractivity contribution in [3.8, 4) is 0 Å². The molecule has 0 unspecified atom stereocenters. The van der Waals surface area contributed by atoms with Crippen molar-refractivity contribution in [3.63, 3.8) is 0 Å². The maximum Gasteiger partial charge on any atom is 0.227 e. The fourth-order valence-electron chi connectivity index (χ4n) is 2.29. The van der Waals surface area contributed by atoms with Crippen molar-refractivity contribution in [2.45, 2.75) is 32.9 Å². The first-order chi connectivity index (χ1) is 9.04. The summed E-state index contributed by atoms with van der Waals surface area (Å²) in [6.07, 6.45) is 3.68. The molecule has 2 aromatic heterocycles. The van der Waals surface area contributed by atoms with E-state index in [0.717, 1.165) is 23.6 Å². The van der Waals surface area contributed by atoms with Gasteiger partial charge in [-0.05, 0) is 32.9 Å². The van der Waals surface area contributed by atoms with E-state index < -0.39 is 0 Å². The van der Waals surface area contributed by atoms with E-state index in [2.05, 4.69) is 39.4 Å². The molecule has 2 aromatic rings. The Labute approximate surface area is 112 Å². The first-order valence-electron chi connectivity index (χ1n) is 6.36. The van der Waals surface area contributed by atoms with Crippen molar-refractivity contribution < 1.29 is 0 Å². The minimum Gasteiger partial charge on any atom is -0.324 e. The quantitative estimate of drug-likeness (QED) is 0.862. The molecule has 98 valence electrons. The molecule has 0 aromatic carbocycles. The first kappa shape index (κ1) is 12.0. The van der Waals surface area contributed by atoms with E-state index in [9.17, 15) is 0 Å². The van der Waals surface area contributed by atoms with Gasteiger partial charge in [0.2, 0.25) is 5.95 Å². The van der Waals surface area contributed by atoms with Crippen LogP contribution in [0.4, 0.5) is 11.6 Å². The number of anilines is 2. The highest BCUT2D eigenvalue weighted by molar-refractivity contribution is 5.53. The summed E-state index contributed by atoms with van der Waals surface area (Å²) in [6.45, 7) is 7.03. The van der Waals surface area contributed by atoms with E-state index in [0.29, 0.717) is 5.95 Å². The van der Waals surface area contributed by atoms with Crippen LogP contribution >= 0.6 is 0 Å². The number of aryl methyl sites for hydroxylation is 1. The van der Waals surface area contributed by atoms with Crippen molar-refractivity contribution in [1.82, 2.24) is 20.3 Å². The summed E-state index contributed by atoms with van der Waals surface area (Å²) in [5.74, 6) is 0.629. The summed E-state index contributed by atoms with van der Waals surface area (Å²) in [6, 6.07) is 3.88. The van der Waals surface area contributed by atoms with Crippen molar-refractivity contribution in [3.05, 3.63) is 41.5 Å². The molecule has 5 heteroatoms. The Kier molecular flexibility index (Phi) is 2.71. The molecule has 3 heterocycles. The van der Waals surface area contributed by atoms with Crippen LogP contribution < -0.4 is 10.6 Å². The fraction of sp³-hybridized carbons (Fsp3) is 0.357. The van der Waals surface area contributed by atoms with Gasteiger partial charge < -0.3 is 10.6 Å². The smallest absolute Gasteiger partial charge is 0.227 e. The lowest BCUT2D eigenvalue weighted by Gasteiger charge is -2.18. The second kappa shape index (κ2) is 4.28. The Morgan fingerprint density at radius 1 is 1.32 bits per heavy atom. The maximum atomic E-state index is 4.57. The zero-order chi connectivity index (χ0) is 13.5. The molecule has 3 rings (SSSR count). The monoisotopic (exact) mass is 255 g/mol. The summed E-state index contributed by atoms with van der Waals surface area (Å²) in [4.78, 5) is 13.1. The lowest BCUT2D eigenvalue weighted by molar-refractivity contribution is 0.442. The number of pyridine rings is 1. The van der Waals surface area contributed by atoms with Crippen LogP contribution in [-0.2, 0) is 12.1 Å². The molecule has 0 bridgehead atoms. The number of hydrogen-bond donors (Lipinski definition) is 2. The lowest BCUT2D eigenvalue weighted by atomic mass is 9.99. The van der Waals surface area contributed by atoms with Gasteiger partial charge >= 0.3 is 0 Å². The van der Waals surface area contributed by atoms with Gasteiger partial charge in [-0.15, -0.1) is 0 Å². The van der Waals surface area contributed by atoms with Crippen LogP contribution in [0.1, 0.15) is 30.8 Å². The van der Waals surface area contributed by atoms with Crippen LogP contribution in [0, 0.1) is 6.92 Å². The third-order valence-corrected chi connectivity index (χ3v) is 3.39. The average molecular weight is 255 g/mol. The van der Waals surface area contributed by atoms with E-state index >= 15 is 0 Å². The van der Waals surface area contributed by atoms with Crippen LogP contribution in [0.5, 0.6) is 0 Å². The third-order valence-electron chi connectivity index (χ3n) is 3.39. The van der Waals surface area contributed by atoms with Crippen molar-refractivity contribution in [1.29, 1.82) is 0 Å². The molecule has 0 saturated carbocycles.